The molecule has 0 spiro atoms. The molecule has 0 heterocycles. The van der Waals surface area contributed by atoms with Gasteiger partial charge < -0.3 is 4.74 Å². The molecule has 2 aromatic rings. The Hall–Kier alpha value is -2.02. The summed E-state index contributed by atoms with van der Waals surface area (Å²) in [7, 11) is 1.73. The maximum absolute atomic E-state index is 5.47. The summed E-state index contributed by atoms with van der Waals surface area (Å²) in [5, 5.41) is 0. The van der Waals surface area contributed by atoms with Crippen molar-refractivity contribution in [3.05, 3.63) is 59.7 Å². The highest BCUT2D eigenvalue weighted by Gasteiger charge is 2.13. The highest BCUT2D eigenvalue weighted by molar-refractivity contribution is 5.74. The van der Waals surface area contributed by atoms with Gasteiger partial charge in [0.25, 0.3) is 0 Å². The van der Waals surface area contributed by atoms with Crippen molar-refractivity contribution in [3.8, 4) is 16.9 Å². The number of hydrogen-bond acceptors (Lipinski definition) is 1. The molecule has 1 heteroatoms. The summed E-state index contributed by atoms with van der Waals surface area (Å²) >= 11 is 0. The fraction of sp³-hybridized carbons (Fsp3) is 0.125. The fourth-order valence-electron chi connectivity index (χ4n) is 2.31. The largest absolute Gasteiger partial charge is 0.496 e. The number of allylic oxidation sites excluding steroid dienone is 1. The van der Waals surface area contributed by atoms with E-state index in [9.17, 15) is 0 Å². The van der Waals surface area contributed by atoms with Gasteiger partial charge in [-0.15, -0.1) is 0 Å². The second kappa shape index (κ2) is 4.10. The molecule has 1 nitrogen and oxygen atoms in total. The highest BCUT2D eigenvalue weighted by atomic mass is 16.5. The van der Waals surface area contributed by atoms with Crippen molar-refractivity contribution in [1.82, 2.24) is 0 Å². The van der Waals surface area contributed by atoms with E-state index in [1.807, 2.05) is 6.07 Å². The van der Waals surface area contributed by atoms with Gasteiger partial charge in [-0.3, -0.25) is 0 Å². The van der Waals surface area contributed by atoms with Crippen LogP contribution in [0.15, 0.2) is 48.5 Å². The van der Waals surface area contributed by atoms with Crippen molar-refractivity contribution in [2.75, 3.05) is 7.11 Å². The monoisotopic (exact) mass is 222 g/mol. The Morgan fingerprint density at radius 2 is 1.82 bits per heavy atom. The maximum atomic E-state index is 5.47. The standard InChI is InChI=1S/C16H14O/c1-17-16-11-14(12-6-3-2-4-7-12)10-13-8-5-9-15(13)16/h2-7,9-11H,8H2,1H3. The van der Waals surface area contributed by atoms with Gasteiger partial charge >= 0.3 is 0 Å². The van der Waals surface area contributed by atoms with Gasteiger partial charge in [0.15, 0.2) is 0 Å². The minimum atomic E-state index is 0.968. The van der Waals surface area contributed by atoms with Crippen LogP contribution in [0.2, 0.25) is 0 Å². The minimum Gasteiger partial charge on any atom is -0.496 e. The zero-order chi connectivity index (χ0) is 11.7. The van der Waals surface area contributed by atoms with Crippen molar-refractivity contribution in [3.63, 3.8) is 0 Å². The summed E-state index contributed by atoms with van der Waals surface area (Å²) < 4.78 is 5.47. The Balaban J connectivity index is 2.15. The third kappa shape index (κ3) is 1.74. The van der Waals surface area contributed by atoms with E-state index in [0.29, 0.717) is 0 Å². The summed E-state index contributed by atoms with van der Waals surface area (Å²) in [4.78, 5) is 0. The SMILES string of the molecule is COc1cc(-c2ccccc2)cc2c1C=CC2. The van der Waals surface area contributed by atoms with E-state index in [2.05, 4.69) is 48.6 Å². The molecule has 0 atom stereocenters. The molecule has 0 fully saturated rings. The lowest BCUT2D eigenvalue weighted by molar-refractivity contribution is 0.414. The molecule has 0 amide bonds. The van der Waals surface area contributed by atoms with E-state index >= 15 is 0 Å². The molecule has 0 unspecified atom stereocenters. The van der Waals surface area contributed by atoms with E-state index < -0.39 is 0 Å². The highest BCUT2D eigenvalue weighted by Crippen LogP contribution is 2.34. The van der Waals surface area contributed by atoms with E-state index in [-0.39, 0.29) is 0 Å². The molecule has 1 aliphatic carbocycles. The van der Waals surface area contributed by atoms with E-state index in [1.54, 1.807) is 7.11 Å². The van der Waals surface area contributed by atoms with Crippen molar-refractivity contribution in [1.29, 1.82) is 0 Å². The third-order valence-electron chi connectivity index (χ3n) is 3.18. The van der Waals surface area contributed by atoms with Crippen molar-refractivity contribution < 1.29 is 4.74 Å². The molecule has 0 aromatic heterocycles. The average molecular weight is 222 g/mol. The van der Waals surface area contributed by atoms with Crippen LogP contribution in [0.4, 0.5) is 0 Å². The number of ether oxygens (including phenoxy) is 1. The smallest absolute Gasteiger partial charge is 0.126 e. The molecule has 0 N–H and O–H groups in total. The summed E-state index contributed by atoms with van der Waals surface area (Å²) in [6, 6.07) is 14.8. The molecular weight excluding hydrogens is 208 g/mol. The first kappa shape index (κ1) is 10.2. The maximum Gasteiger partial charge on any atom is 0.126 e. The Labute approximate surface area is 101 Å². The first-order valence-corrected chi connectivity index (χ1v) is 5.81. The predicted octanol–water partition coefficient (Wildman–Crippen LogP) is 3.93. The second-order valence-electron chi connectivity index (χ2n) is 4.22. The zero-order valence-electron chi connectivity index (χ0n) is 9.81. The lowest BCUT2D eigenvalue weighted by Gasteiger charge is -2.10. The molecule has 1 aliphatic rings. The topological polar surface area (TPSA) is 9.23 Å². The van der Waals surface area contributed by atoms with Gasteiger partial charge in [0.2, 0.25) is 0 Å². The van der Waals surface area contributed by atoms with Gasteiger partial charge in [-0.25, -0.2) is 0 Å². The van der Waals surface area contributed by atoms with E-state index in [0.717, 1.165) is 12.2 Å². The van der Waals surface area contributed by atoms with Crippen molar-refractivity contribution in [2.45, 2.75) is 6.42 Å². The van der Waals surface area contributed by atoms with Gasteiger partial charge in [-0.05, 0) is 35.2 Å². The van der Waals surface area contributed by atoms with Gasteiger partial charge in [0.1, 0.15) is 5.75 Å². The molecule has 3 rings (SSSR count). The van der Waals surface area contributed by atoms with Crippen LogP contribution in [0, 0.1) is 0 Å². The van der Waals surface area contributed by atoms with Crippen LogP contribution in [0.25, 0.3) is 17.2 Å². The Bertz CT molecular complexity index is 568. The number of fused-ring (bicyclic) bond motifs is 1. The molecule has 0 aliphatic heterocycles. The van der Waals surface area contributed by atoms with Crippen molar-refractivity contribution in [2.24, 2.45) is 0 Å². The predicted molar refractivity (Wildman–Crippen MR) is 71.2 cm³/mol. The quantitative estimate of drug-likeness (QED) is 0.748. The lowest BCUT2D eigenvalue weighted by Crippen LogP contribution is -1.91. The Morgan fingerprint density at radius 1 is 1.00 bits per heavy atom. The third-order valence-corrected chi connectivity index (χ3v) is 3.18. The molecule has 0 saturated carbocycles. The van der Waals surface area contributed by atoms with Crippen LogP contribution in [-0.2, 0) is 6.42 Å². The normalized spacial score (nSPS) is 12.5. The van der Waals surface area contributed by atoms with Crippen LogP contribution in [0.5, 0.6) is 5.75 Å². The first-order valence-electron chi connectivity index (χ1n) is 5.81. The number of rotatable bonds is 2. The first-order chi connectivity index (χ1) is 8.38. The van der Waals surface area contributed by atoms with Crippen LogP contribution >= 0.6 is 0 Å². The summed E-state index contributed by atoms with van der Waals surface area (Å²) in [5.74, 6) is 0.968. The fourth-order valence-corrected chi connectivity index (χ4v) is 2.31. The molecule has 84 valence electrons. The number of benzene rings is 2. The average Bonchev–Trinajstić information content (AvgIpc) is 2.86. The molecular formula is C16H14O. The van der Waals surface area contributed by atoms with E-state index in [1.165, 1.54) is 22.3 Å². The number of methoxy groups -OCH3 is 1. The Kier molecular flexibility index (Phi) is 2.45. The second-order valence-corrected chi connectivity index (χ2v) is 4.22. The van der Waals surface area contributed by atoms with Crippen LogP contribution in [-0.4, -0.2) is 7.11 Å². The van der Waals surface area contributed by atoms with Gasteiger partial charge in [0.05, 0.1) is 7.11 Å². The molecule has 2 aromatic carbocycles. The Morgan fingerprint density at radius 3 is 2.59 bits per heavy atom. The number of hydrogen-bond donors (Lipinski definition) is 0. The summed E-state index contributed by atoms with van der Waals surface area (Å²) in [6.07, 6.45) is 5.33. The van der Waals surface area contributed by atoms with Crippen LogP contribution < -0.4 is 4.74 Å². The van der Waals surface area contributed by atoms with Gasteiger partial charge in [-0.1, -0.05) is 42.5 Å². The summed E-state index contributed by atoms with van der Waals surface area (Å²) in [6.45, 7) is 0. The zero-order valence-corrected chi connectivity index (χ0v) is 9.81. The molecule has 0 bridgehead atoms. The van der Waals surface area contributed by atoms with Gasteiger partial charge in [0, 0.05) is 5.56 Å². The molecule has 17 heavy (non-hydrogen) atoms. The van der Waals surface area contributed by atoms with Crippen LogP contribution in [0.3, 0.4) is 0 Å². The summed E-state index contributed by atoms with van der Waals surface area (Å²) in [5.41, 5.74) is 5.04. The van der Waals surface area contributed by atoms with Crippen molar-refractivity contribution >= 4 is 6.08 Å². The molecule has 0 saturated heterocycles. The van der Waals surface area contributed by atoms with Crippen LogP contribution in [0.1, 0.15) is 11.1 Å². The minimum absolute atomic E-state index is 0.968. The molecule has 0 radical (unpaired) electrons. The lowest BCUT2D eigenvalue weighted by atomic mass is 9.99. The van der Waals surface area contributed by atoms with Gasteiger partial charge in [-0.2, -0.15) is 0 Å². The van der Waals surface area contributed by atoms with E-state index in [4.69, 9.17) is 4.74 Å².